The first-order valence-electron chi connectivity index (χ1n) is 6.06. The zero-order valence-electron chi connectivity index (χ0n) is 10.6. The van der Waals surface area contributed by atoms with E-state index in [-0.39, 0.29) is 0 Å². The van der Waals surface area contributed by atoms with Gasteiger partial charge in [-0.25, -0.2) is 0 Å². The lowest BCUT2D eigenvalue weighted by molar-refractivity contribution is 0.176. The van der Waals surface area contributed by atoms with Crippen molar-refractivity contribution in [3.05, 3.63) is 35.4 Å². The summed E-state index contributed by atoms with van der Waals surface area (Å²) in [6.45, 7) is 6.10. The van der Waals surface area contributed by atoms with Gasteiger partial charge < -0.3 is 4.74 Å². The van der Waals surface area contributed by atoms with Crippen molar-refractivity contribution in [1.82, 2.24) is 5.32 Å². The predicted molar refractivity (Wildman–Crippen MR) is 68.7 cm³/mol. The van der Waals surface area contributed by atoms with Crippen LogP contribution in [0.25, 0.3) is 0 Å². The van der Waals surface area contributed by atoms with E-state index < -0.39 is 0 Å². The quantitative estimate of drug-likeness (QED) is 0.564. The lowest BCUT2D eigenvalue weighted by Gasteiger charge is -2.10. The van der Waals surface area contributed by atoms with Crippen LogP contribution in [0.3, 0.4) is 0 Å². The Morgan fingerprint density at radius 1 is 1.25 bits per heavy atom. The SMILES string of the molecule is CCC(C)c1ccc(CCNCOC)cc1. The Labute approximate surface area is 99.0 Å². The minimum absolute atomic E-state index is 0.630. The molecule has 0 aliphatic heterocycles. The van der Waals surface area contributed by atoms with Crippen LogP contribution in [-0.4, -0.2) is 20.4 Å². The van der Waals surface area contributed by atoms with Gasteiger partial charge in [-0.2, -0.15) is 0 Å². The van der Waals surface area contributed by atoms with E-state index in [1.54, 1.807) is 7.11 Å². The molecule has 0 heterocycles. The van der Waals surface area contributed by atoms with Gasteiger partial charge in [0, 0.05) is 13.7 Å². The molecule has 2 nitrogen and oxygen atoms in total. The summed E-state index contributed by atoms with van der Waals surface area (Å²) in [5.41, 5.74) is 2.83. The Balaban J connectivity index is 2.39. The molecule has 0 saturated heterocycles. The summed E-state index contributed by atoms with van der Waals surface area (Å²) in [5.74, 6) is 0.667. The van der Waals surface area contributed by atoms with Crippen LogP contribution in [0.15, 0.2) is 24.3 Å². The van der Waals surface area contributed by atoms with Gasteiger partial charge in [0.1, 0.15) is 0 Å². The minimum atomic E-state index is 0.630. The van der Waals surface area contributed by atoms with Crippen molar-refractivity contribution < 1.29 is 4.74 Å². The molecule has 0 bridgehead atoms. The Bertz CT molecular complexity index is 281. The van der Waals surface area contributed by atoms with Gasteiger partial charge in [-0.05, 0) is 29.9 Å². The van der Waals surface area contributed by atoms with Crippen LogP contribution < -0.4 is 5.32 Å². The molecular weight excluding hydrogens is 198 g/mol. The Hall–Kier alpha value is -0.860. The zero-order chi connectivity index (χ0) is 11.8. The fourth-order valence-electron chi connectivity index (χ4n) is 1.66. The third-order valence-electron chi connectivity index (χ3n) is 3.00. The summed E-state index contributed by atoms with van der Waals surface area (Å²) in [6, 6.07) is 8.96. The molecular formula is C14H23NO. The first-order chi connectivity index (χ1) is 7.77. The summed E-state index contributed by atoms with van der Waals surface area (Å²) in [6.07, 6.45) is 2.26. The average molecular weight is 221 g/mol. The molecule has 0 aliphatic rings. The average Bonchev–Trinajstić information content (AvgIpc) is 2.34. The largest absolute Gasteiger partial charge is 0.370 e. The van der Waals surface area contributed by atoms with E-state index in [1.165, 1.54) is 17.5 Å². The van der Waals surface area contributed by atoms with E-state index >= 15 is 0 Å². The van der Waals surface area contributed by atoms with Crippen LogP contribution in [0, 0.1) is 0 Å². The molecule has 1 atom stereocenters. The highest BCUT2D eigenvalue weighted by Crippen LogP contribution is 2.18. The standard InChI is InChI=1S/C14H23NO/c1-4-12(2)14-7-5-13(6-8-14)9-10-15-11-16-3/h5-8,12,15H,4,9-11H2,1-3H3. The number of benzene rings is 1. The highest BCUT2D eigenvalue weighted by molar-refractivity contribution is 5.25. The Morgan fingerprint density at radius 2 is 1.94 bits per heavy atom. The van der Waals surface area contributed by atoms with Crippen molar-refractivity contribution in [2.75, 3.05) is 20.4 Å². The summed E-state index contributed by atoms with van der Waals surface area (Å²) < 4.78 is 4.93. The molecule has 1 N–H and O–H groups in total. The molecule has 1 unspecified atom stereocenters. The molecule has 1 aromatic carbocycles. The van der Waals surface area contributed by atoms with E-state index in [9.17, 15) is 0 Å². The van der Waals surface area contributed by atoms with Gasteiger partial charge in [-0.3, -0.25) is 5.32 Å². The number of hydrogen-bond donors (Lipinski definition) is 1. The molecule has 16 heavy (non-hydrogen) atoms. The number of ether oxygens (including phenoxy) is 1. The lowest BCUT2D eigenvalue weighted by atomic mass is 9.97. The zero-order valence-corrected chi connectivity index (χ0v) is 10.6. The van der Waals surface area contributed by atoms with E-state index in [0.717, 1.165) is 13.0 Å². The van der Waals surface area contributed by atoms with Crippen molar-refractivity contribution in [1.29, 1.82) is 0 Å². The highest BCUT2D eigenvalue weighted by Gasteiger charge is 2.01. The second kappa shape index (κ2) is 7.42. The molecule has 0 spiro atoms. The third-order valence-corrected chi connectivity index (χ3v) is 3.00. The molecule has 2 heteroatoms. The van der Waals surface area contributed by atoms with Gasteiger partial charge in [-0.1, -0.05) is 38.1 Å². The van der Waals surface area contributed by atoms with Crippen LogP contribution in [0.1, 0.15) is 37.3 Å². The molecule has 0 saturated carbocycles. The molecule has 0 aliphatic carbocycles. The number of methoxy groups -OCH3 is 1. The smallest absolute Gasteiger partial charge is 0.0961 e. The van der Waals surface area contributed by atoms with Gasteiger partial charge in [0.25, 0.3) is 0 Å². The van der Waals surface area contributed by atoms with E-state index in [0.29, 0.717) is 12.6 Å². The van der Waals surface area contributed by atoms with E-state index in [2.05, 4.69) is 43.4 Å². The highest BCUT2D eigenvalue weighted by atomic mass is 16.5. The summed E-state index contributed by atoms with van der Waals surface area (Å²) in [4.78, 5) is 0. The molecule has 0 fully saturated rings. The van der Waals surface area contributed by atoms with Gasteiger partial charge in [-0.15, -0.1) is 0 Å². The first kappa shape index (κ1) is 13.2. The maximum Gasteiger partial charge on any atom is 0.0961 e. The number of nitrogens with one attached hydrogen (secondary N) is 1. The van der Waals surface area contributed by atoms with Crippen molar-refractivity contribution in [3.8, 4) is 0 Å². The van der Waals surface area contributed by atoms with Crippen LogP contribution in [0.4, 0.5) is 0 Å². The summed E-state index contributed by atoms with van der Waals surface area (Å²) in [7, 11) is 1.70. The lowest BCUT2D eigenvalue weighted by Crippen LogP contribution is -2.19. The molecule has 0 amide bonds. The van der Waals surface area contributed by atoms with Crippen molar-refractivity contribution in [2.24, 2.45) is 0 Å². The summed E-state index contributed by atoms with van der Waals surface area (Å²) in [5, 5.41) is 3.21. The Morgan fingerprint density at radius 3 is 2.50 bits per heavy atom. The number of rotatable bonds is 7. The van der Waals surface area contributed by atoms with Crippen LogP contribution in [0.2, 0.25) is 0 Å². The van der Waals surface area contributed by atoms with Gasteiger partial charge in [0.2, 0.25) is 0 Å². The first-order valence-corrected chi connectivity index (χ1v) is 6.06. The van der Waals surface area contributed by atoms with Crippen molar-refractivity contribution in [2.45, 2.75) is 32.6 Å². The maximum atomic E-state index is 4.93. The predicted octanol–water partition coefficient (Wildman–Crippen LogP) is 2.94. The van der Waals surface area contributed by atoms with Crippen LogP contribution in [-0.2, 0) is 11.2 Å². The molecule has 1 rings (SSSR count). The molecule has 0 aromatic heterocycles. The summed E-state index contributed by atoms with van der Waals surface area (Å²) >= 11 is 0. The second-order valence-electron chi connectivity index (χ2n) is 4.23. The van der Waals surface area contributed by atoms with Crippen LogP contribution >= 0.6 is 0 Å². The minimum Gasteiger partial charge on any atom is -0.370 e. The van der Waals surface area contributed by atoms with Gasteiger partial charge in [0.05, 0.1) is 6.73 Å². The normalized spacial score (nSPS) is 12.7. The van der Waals surface area contributed by atoms with Crippen LogP contribution in [0.5, 0.6) is 0 Å². The van der Waals surface area contributed by atoms with Crippen molar-refractivity contribution in [3.63, 3.8) is 0 Å². The molecule has 90 valence electrons. The van der Waals surface area contributed by atoms with E-state index in [1.807, 2.05) is 0 Å². The fraction of sp³-hybridized carbons (Fsp3) is 0.571. The Kier molecular flexibility index (Phi) is 6.12. The second-order valence-corrected chi connectivity index (χ2v) is 4.23. The van der Waals surface area contributed by atoms with Gasteiger partial charge >= 0.3 is 0 Å². The van der Waals surface area contributed by atoms with E-state index in [4.69, 9.17) is 4.74 Å². The fourth-order valence-corrected chi connectivity index (χ4v) is 1.66. The molecule has 0 radical (unpaired) electrons. The van der Waals surface area contributed by atoms with Crippen molar-refractivity contribution >= 4 is 0 Å². The maximum absolute atomic E-state index is 4.93. The van der Waals surface area contributed by atoms with Gasteiger partial charge in [0.15, 0.2) is 0 Å². The topological polar surface area (TPSA) is 21.3 Å². The third kappa shape index (κ3) is 4.33. The number of hydrogen-bond acceptors (Lipinski definition) is 2. The molecule has 1 aromatic rings. The monoisotopic (exact) mass is 221 g/mol.